The van der Waals surface area contributed by atoms with Crippen molar-refractivity contribution in [2.45, 2.75) is 57.3 Å². The first-order valence-corrected chi connectivity index (χ1v) is 10.6. The second-order valence-electron chi connectivity index (χ2n) is 8.51. The van der Waals surface area contributed by atoms with Crippen LogP contribution in [0.5, 0.6) is 5.75 Å². The first kappa shape index (κ1) is 20.7. The number of fused-ring (bicyclic) bond motifs is 2. The number of hydrogen-bond donors (Lipinski definition) is 2. The monoisotopic (exact) mass is 415 g/mol. The van der Waals surface area contributed by atoms with Gasteiger partial charge in [-0.2, -0.15) is 0 Å². The van der Waals surface area contributed by atoms with Crippen molar-refractivity contribution >= 4 is 23.4 Å². The normalized spacial score (nSPS) is 25.9. The molecule has 3 amide bonds. The van der Waals surface area contributed by atoms with Gasteiger partial charge in [0, 0.05) is 26.2 Å². The lowest BCUT2D eigenvalue weighted by Crippen LogP contribution is -2.54. The first-order chi connectivity index (χ1) is 14.4. The SMILES string of the molecule is CC(=O)Nc1ccc2c(c1)C(=O)N(C)[C@@H]1CC[C@H](CC(=O)NCC3CC3)O[C@@H]1CO2. The number of amides is 3. The van der Waals surface area contributed by atoms with Crippen molar-refractivity contribution in [1.82, 2.24) is 10.2 Å². The molecular formula is C22H29N3O5. The van der Waals surface area contributed by atoms with Gasteiger partial charge >= 0.3 is 0 Å². The van der Waals surface area contributed by atoms with Crippen molar-refractivity contribution in [3.05, 3.63) is 23.8 Å². The smallest absolute Gasteiger partial charge is 0.257 e. The molecule has 1 saturated carbocycles. The van der Waals surface area contributed by atoms with Crippen molar-refractivity contribution in [2.75, 3.05) is 25.5 Å². The number of ether oxygens (including phenoxy) is 2. The molecule has 8 heteroatoms. The Balaban J connectivity index is 1.43. The van der Waals surface area contributed by atoms with Crippen LogP contribution >= 0.6 is 0 Å². The van der Waals surface area contributed by atoms with E-state index < -0.39 is 0 Å². The van der Waals surface area contributed by atoms with Gasteiger partial charge in [0.1, 0.15) is 18.5 Å². The lowest BCUT2D eigenvalue weighted by molar-refractivity contribution is -0.134. The second-order valence-corrected chi connectivity index (χ2v) is 8.51. The number of anilines is 1. The Hall–Kier alpha value is -2.61. The highest BCUT2D eigenvalue weighted by molar-refractivity contribution is 5.99. The number of hydrogen-bond acceptors (Lipinski definition) is 5. The van der Waals surface area contributed by atoms with E-state index in [-0.39, 0.29) is 36.0 Å². The van der Waals surface area contributed by atoms with Crippen LogP contribution < -0.4 is 15.4 Å². The Bertz CT molecular complexity index is 838. The molecule has 1 aliphatic carbocycles. The quantitative estimate of drug-likeness (QED) is 0.766. The van der Waals surface area contributed by atoms with Crippen LogP contribution in [0.2, 0.25) is 0 Å². The predicted molar refractivity (Wildman–Crippen MR) is 110 cm³/mol. The van der Waals surface area contributed by atoms with Crippen LogP contribution in [0, 0.1) is 5.92 Å². The summed E-state index contributed by atoms with van der Waals surface area (Å²) in [5.74, 6) is 0.770. The van der Waals surface area contributed by atoms with Crippen LogP contribution in [0.15, 0.2) is 18.2 Å². The van der Waals surface area contributed by atoms with E-state index in [2.05, 4.69) is 10.6 Å². The van der Waals surface area contributed by atoms with Crippen LogP contribution in [0.4, 0.5) is 5.69 Å². The number of nitrogens with one attached hydrogen (secondary N) is 2. The third-order valence-corrected chi connectivity index (χ3v) is 6.03. The maximum Gasteiger partial charge on any atom is 0.257 e. The number of carbonyl (C=O) groups excluding carboxylic acids is 3. The molecule has 0 unspecified atom stereocenters. The summed E-state index contributed by atoms with van der Waals surface area (Å²) in [7, 11) is 1.77. The van der Waals surface area contributed by atoms with Gasteiger partial charge in [0.15, 0.2) is 0 Å². The Morgan fingerprint density at radius 3 is 2.73 bits per heavy atom. The Labute approximate surface area is 176 Å². The van der Waals surface area contributed by atoms with E-state index in [1.54, 1.807) is 30.1 Å². The topological polar surface area (TPSA) is 97.0 Å². The van der Waals surface area contributed by atoms with E-state index in [9.17, 15) is 14.4 Å². The zero-order valence-corrected chi connectivity index (χ0v) is 17.5. The predicted octanol–water partition coefficient (Wildman–Crippen LogP) is 1.94. The number of carbonyl (C=O) groups is 3. The zero-order valence-electron chi connectivity index (χ0n) is 17.5. The molecule has 1 saturated heterocycles. The zero-order chi connectivity index (χ0) is 21.3. The standard InChI is InChI=1S/C22H29N3O5/c1-13(26)24-15-5-8-19-17(9-15)22(28)25(2)18-7-6-16(30-20(18)12-29-19)10-21(27)23-11-14-3-4-14/h5,8-9,14,16,18,20H,3-4,6-7,10-12H2,1-2H3,(H,23,27)(H,24,26)/t16-,18-,20-/m1/s1. The van der Waals surface area contributed by atoms with Gasteiger partial charge in [-0.1, -0.05) is 0 Å². The largest absolute Gasteiger partial charge is 0.490 e. The summed E-state index contributed by atoms with van der Waals surface area (Å²) in [6.07, 6.45) is 3.75. The molecule has 0 radical (unpaired) electrons. The molecular weight excluding hydrogens is 386 g/mol. The lowest BCUT2D eigenvalue weighted by Gasteiger charge is -2.42. The van der Waals surface area contributed by atoms with Gasteiger partial charge in [-0.25, -0.2) is 0 Å². The Kier molecular flexibility index (Phi) is 5.94. The highest BCUT2D eigenvalue weighted by atomic mass is 16.5. The second kappa shape index (κ2) is 8.63. The lowest BCUT2D eigenvalue weighted by atomic mass is 9.94. The van der Waals surface area contributed by atoms with Gasteiger partial charge in [-0.15, -0.1) is 0 Å². The van der Waals surface area contributed by atoms with Crippen molar-refractivity contribution in [2.24, 2.45) is 5.92 Å². The molecule has 3 atom stereocenters. The molecule has 0 spiro atoms. The van der Waals surface area contributed by atoms with Crippen molar-refractivity contribution in [1.29, 1.82) is 0 Å². The summed E-state index contributed by atoms with van der Waals surface area (Å²) in [5.41, 5.74) is 0.977. The minimum atomic E-state index is -0.294. The molecule has 1 aromatic carbocycles. The van der Waals surface area contributed by atoms with E-state index in [1.165, 1.54) is 19.8 Å². The molecule has 162 valence electrons. The van der Waals surface area contributed by atoms with Crippen LogP contribution in [0.3, 0.4) is 0 Å². The average Bonchev–Trinajstić information content (AvgIpc) is 3.54. The minimum absolute atomic E-state index is 0.0254. The van der Waals surface area contributed by atoms with Gasteiger partial charge < -0.3 is 25.0 Å². The third-order valence-electron chi connectivity index (χ3n) is 6.03. The fourth-order valence-electron chi connectivity index (χ4n) is 4.17. The maximum atomic E-state index is 13.1. The summed E-state index contributed by atoms with van der Waals surface area (Å²) in [4.78, 5) is 38.3. The molecule has 0 aromatic heterocycles. The molecule has 1 aromatic rings. The van der Waals surface area contributed by atoms with Gasteiger partial charge in [-0.3, -0.25) is 14.4 Å². The molecule has 2 heterocycles. The number of benzene rings is 1. The molecule has 3 aliphatic rings. The number of rotatable bonds is 5. The molecule has 2 fully saturated rings. The summed E-state index contributed by atoms with van der Waals surface area (Å²) in [5, 5.41) is 5.69. The summed E-state index contributed by atoms with van der Waals surface area (Å²) in [6.45, 7) is 2.48. The van der Waals surface area contributed by atoms with Gasteiger partial charge in [0.05, 0.1) is 24.1 Å². The van der Waals surface area contributed by atoms with Crippen LogP contribution in [0.25, 0.3) is 0 Å². The number of nitrogens with zero attached hydrogens (tertiary/aromatic N) is 1. The van der Waals surface area contributed by atoms with Crippen molar-refractivity contribution in [3.63, 3.8) is 0 Å². The maximum absolute atomic E-state index is 13.1. The van der Waals surface area contributed by atoms with Crippen molar-refractivity contribution < 1.29 is 23.9 Å². The number of likely N-dealkylation sites (N-methyl/N-ethyl adjacent to an activating group) is 1. The van der Waals surface area contributed by atoms with Crippen LogP contribution in [0.1, 0.15) is 49.4 Å². The fourth-order valence-corrected chi connectivity index (χ4v) is 4.17. The summed E-state index contributed by atoms with van der Waals surface area (Å²) < 4.78 is 12.1. The highest BCUT2D eigenvalue weighted by Gasteiger charge is 2.39. The van der Waals surface area contributed by atoms with E-state index >= 15 is 0 Å². The van der Waals surface area contributed by atoms with Crippen LogP contribution in [-0.2, 0) is 14.3 Å². The third kappa shape index (κ3) is 4.75. The van der Waals surface area contributed by atoms with Crippen molar-refractivity contribution in [3.8, 4) is 5.75 Å². The van der Waals surface area contributed by atoms with Gasteiger partial charge in [-0.05, 0) is 49.8 Å². The molecule has 2 aliphatic heterocycles. The van der Waals surface area contributed by atoms with E-state index in [1.807, 2.05) is 0 Å². The molecule has 2 N–H and O–H groups in total. The minimum Gasteiger partial charge on any atom is -0.490 e. The summed E-state index contributed by atoms with van der Waals surface area (Å²) >= 11 is 0. The fraction of sp³-hybridized carbons (Fsp3) is 0.591. The Morgan fingerprint density at radius 1 is 1.20 bits per heavy atom. The first-order valence-electron chi connectivity index (χ1n) is 10.6. The molecule has 8 nitrogen and oxygen atoms in total. The van der Waals surface area contributed by atoms with E-state index in [0.29, 0.717) is 42.4 Å². The Morgan fingerprint density at radius 2 is 2.00 bits per heavy atom. The molecule has 30 heavy (non-hydrogen) atoms. The van der Waals surface area contributed by atoms with Crippen LogP contribution in [-0.4, -0.2) is 61.1 Å². The van der Waals surface area contributed by atoms with Gasteiger partial charge in [0.2, 0.25) is 11.8 Å². The van der Waals surface area contributed by atoms with E-state index in [4.69, 9.17) is 9.47 Å². The highest BCUT2D eigenvalue weighted by Crippen LogP contribution is 2.32. The molecule has 4 rings (SSSR count). The molecule has 0 bridgehead atoms. The van der Waals surface area contributed by atoms with E-state index in [0.717, 1.165) is 13.0 Å². The summed E-state index contributed by atoms with van der Waals surface area (Å²) in [6, 6.07) is 4.92. The van der Waals surface area contributed by atoms with Gasteiger partial charge in [0.25, 0.3) is 5.91 Å². The average molecular weight is 415 g/mol.